The zero-order valence-electron chi connectivity index (χ0n) is 18.4. The smallest absolute Gasteiger partial charge is 0.241 e. The van der Waals surface area contributed by atoms with Crippen LogP contribution in [-0.4, -0.2) is 46.0 Å². The molecule has 2 aromatic rings. The fourth-order valence-electron chi connectivity index (χ4n) is 3.72. The van der Waals surface area contributed by atoms with E-state index in [1.165, 1.54) is 19.1 Å². The molecule has 2 aliphatic heterocycles. The summed E-state index contributed by atoms with van der Waals surface area (Å²) in [5.74, 6) is 0.529. The first-order valence-corrected chi connectivity index (χ1v) is 12.4. The molecule has 2 aromatic carbocycles. The molecule has 2 N–H and O–H groups in total. The Hall–Kier alpha value is -3.11. The monoisotopic (exact) mass is 473 g/mol. The third-order valence-corrected chi connectivity index (χ3v) is 7.08. The highest BCUT2D eigenvalue weighted by Crippen LogP contribution is 2.32. The van der Waals surface area contributed by atoms with Crippen molar-refractivity contribution in [3.8, 4) is 11.5 Å². The first kappa shape index (κ1) is 23.1. The van der Waals surface area contributed by atoms with Crippen LogP contribution in [0.5, 0.6) is 11.5 Å². The van der Waals surface area contributed by atoms with Crippen molar-refractivity contribution in [2.45, 2.75) is 43.7 Å². The summed E-state index contributed by atoms with van der Waals surface area (Å²) in [6.45, 7) is 3.39. The van der Waals surface area contributed by atoms with Gasteiger partial charge in [-0.1, -0.05) is 12.1 Å². The van der Waals surface area contributed by atoms with Crippen molar-refractivity contribution in [1.82, 2.24) is 10.0 Å². The maximum Gasteiger partial charge on any atom is 0.241 e. The Labute approximate surface area is 193 Å². The van der Waals surface area contributed by atoms with Crippen molar-refractivity contribution < 1.29 is 27.5 Å². The molecule has 1 saturated heterocycles. The van der Waals surface area contributed by atoms with Gasteiger partial charge in [0.1, 0.15) is 0 Å². The lowest BCUT2D eigenvalue weighted by atomic mass is 10.2. The minimum Gasteiger partial charge on any atom is -0.490 e. The first-order valence-electron chi connectivity index (χ1n) is 10.9. The molecule has 10 heteroatoms. The Bertz CT molecular complexity index is 1130. The van der Waals surface area contributed by atoms with Gasteiger partial charge < -0.3 is 19.7 Å². The van der Waals surface area contributed by atoms with Crippen LogP contribution in [0.4, 0.5) is 5.69 Å². The van der Waals surface area contributed by atoms with Crippen LogP contribution in [0, 0.1) is 0 Å². The van der Waals surface area contributed by atoms with Crippen molar-refractivity contribution in [3.05, 3.63) is 48.0 Å². The number of hydrogen-bond donors (Lipinski definition) is 2. The third-order valence-electron chi connectivity index (χ3n) is 5.54. The van der Waals surface area contributed by atoms with E-state index in [1.807, 2.05) is 24.3 Å². The minimum absolute atomic E-state index is 0.00144. The van der Waals surface area contributed by atoms with Gasteiger partial charge in [0.15, 0.2) is 11.5 Å². The number of carbonyl (C=O) groups excluding carboxylic acids is 2. The van der Waals surface area contributed by atoms with Gasteiger partial charge >= 0.3 is 0 Å². The Morgan fingerprint density at radius 3 is 2.48 bits per heavy atom. The number of carbonyl (C=O) groups is 2. The van der Waals surface area contributed by atoms with Crippen molar-refractivity contribution in [1.29, 1.82) is 0 Å². The molecule has 1 atom stereocenters. The number of ether oxygens (including phenoxy) is 2. The summed E-state index contributed by atoms with van der Waals surface area (Å²) in [6.07, 6.45) is 2.14. The third kappa shape index (κ3) is 5.45. The molecule has 2 amide bonds. The second-order valence-corrected chi connectivity index (χ2v) is 9.75. The first-order chi connectivity index (χ1) is 15.8. The van der Waals surface area contributed by atoms with E-state index in [-0.39, 0.29) is 17.3 Å². The molecule has 2 heterocycles. The molecule has 0 radical (unpaired) electrons. The van der Waals surface area contributed by atoms with Crippen molar-refractivity contribution >= 4 is 27.5 Å². The summed E-state index contributed by atoms with van der Waals surface area (Å²) in [7, 11) is -3.94. The topological polar surface area (TPSA) is 114 Å². The van der Waals surface area contributed by atoms with Gasteiger partial charge in [-0.3, -0.25) is 9.59 Å². The number of amides is 2. The summed E-state index contributed by atoms with van der Waals surface area (Å²) in [4.78, 5) is 26.1. The molecule has 0 aliphatic carbocycles. The van der Waals surface area contributed by atoms with E-state index in [2.05, 4.69) is 10.0 Å². The maximum atomic E-state index is 12.8. The molecule has 176 valence electrons. The maximum absolute atomic E-state index is 12.8. The SMILES string of the molecule is C[C@H](NS(=O)(=O)c1ccc2c(c1)OCCCO2)C(=O)NCc1ccc(N2CCCC2=O)cc1. The van der Waals surface area contributed by atoms with Gasteiger partial charge in [-0.05, 0) is 43.2 Å². The van der Waals surface area contributed by atoms with E-state index in [0.717, 1.165) is 24.2 Å². The molecule has 9 nitrogen and oxygen atoms in total. The Morgan fingerprint density at radius 2 is 1.79 bits per heavy atom. The van der Waals surface area contributed by atoms with Crippen LogP contribution in [0.25, 0.3) is 0 Å². The molecule has 2 aliphatic rings. The molecular formula is C23H27N3O6S. The van der Waals surface area contributed by atoms with E-state index in [9.17, 15) is 18.0 Å². The Kier molecular flexibility index (Phi) is 6.85. The van der Waals surface area contributed by atoms with E-state index in [1.54, 1.807) is 11.0 Å². The average Bonchev–Trinajstić information content (AvgIpc) is 3.09. The van der Waals surface area contributed by atoms with Gasteiger partial charge in [0, 0.05) is 37.7 Å². The molecule has 33 heavy (non-hydrogen) atoms. The van der Waals surface area contributed by atoms with Crippen molar-refractivity contribution in [3.63, 3.8) is 0 Å². The van der Waals surface area contributed by atoms with E-state index >= 15 is 0 Å². The Morgan fingerprint density at radius 1 is 1.06 bits per heavy atom. The van der Waals surface area contributed by atoms with Crippen LogP contribution in [0.1, 0.15) is 31.7 Å². The molecule has 0 unspecified atom stereocenters. The molecule has 0 aromatic heterocycles. The standard InChI is InChI=1S/C23H27N3O6S/c1-16(25-33(29,30)19-9-10-20-21(14-19)32-13-3-12-31-20)23(28)24-15-17-5-7-18(8-6-17)26-11-2-4-22(26)27/h5-10,14,16,25H,2-4,11-13,15H2,1H3,(H,24,28)/t16-/m0/s1. The Balaban J connectivity index is 1.33. The highest BCUT2D eigenvalue weighted by atomic mass is 32.2. The van der Waals surface area contributed by atoms with Crippen LogP contribution in [0.3, 0.4) is 0 Å². The van der Waals surface area contributed by atoms with Gasteiger partial charge in [0.05, 0.1) is 24.2 Å². The van der Waals surface area contributed by atoms with Gasteiger partial charge in [-0.15, -0.1) is 0 Å². The number of nitrogens with one attached hydrogen (secondary N) is 2. The molecule has 1 fully saturated rings. The lowest BCUT2D eigenvalue weighted by Gasteiger charge is -2.17. The minimum atomic E-state index is -3.94. The summed E-state index contributed by atoms with van der Waals surface area (Å²) in [5.41, 5.74) is 1.68. The molecule has 0 bridgehead atoms. The van der Waals surface area contributed by atoms with Crippen LogP contribution >= 0.6 is 0 Å². The van der Waals surface area contributed by atoms with Crippen molar-refractivity contribution in [2.24, 2.45) is 0 Å². The lowest BCUT2D eigenvalue weighted by molar-refractivity contribution is -0.122. The van der Waals surface area contributed by atoms with Gasteiger partial charge in [-0.2, -0.15) is 4.72 Å². The molecule has 4 rings (SSSR count). The second-order valence-electron chi connectivity index (χ2n) is 8.04. The van der Waals surface area contributed by atoms with E-state index in [4.69, 9.17) is 9.47 Å². The second kappa shape index (κ2) is 9.80. The normalized spacial score (nSPS) is 16.9. The van der Waals surface area contributed by atoms with E-state index < -0.39 is 22.0 Å². The average molecular weight is 474 g/mol. The van der Waals surface area contributed by atoms with Gasteiger partial charge in [0.25, 0.3) is 0 Å². The quantitative estimate of drug-likeness (QED) is 0.636. The predicted octanol–water partition coefficient (Wildman–Crippen LogP) is 1.96. The highest BCUT2D eigenvalue weighted by molar-refractivity contribution is 7.89. The number of sulfonamides is 1. The van der Waals surface area contributed by atoms with Crippen LogP contribution in [0.2, 0.25) is 0 Å². The van der Waals surface area contributed by atoms with Crippen LogP contribution in [-0.2, 0) is 26.2 Å². The van der Waals surface area contributed by atoms with Gasteiger partial charge in [-0.25, -0.2) is 8.42 Å². The summed E-state index contributed by atoms with van der Waals surface area (Å²) < 4.78 is 39.0. The fourth-order valence-corrected chi connectivity index (χ4v) is 4.94. The lowest BCUT2D eigenvalue weighted by Crippen LogP contribution is -2.44. The van der Waals surface area contributed by atoms with Crippen LogP contribution < -0.4 is 24.4 Å². The highest BCUT2D eigenvalue weighted by Gasteiger charge is 2.24. The van der Waals surface area contributed by atoms with Gasteiger partial charge in [0.2, 0.25) is 21.8 Å². The molecular weight excluding hydrogens is 446 g/mol. The predicted molar refractivity (Wildman–Crippen MR) is 122 cm³/mol. The fraction of sp³-hybridized carbons (Fsp3) is 0.391. The number of hydrogen-bond acceptors (Lipinski definition) is 6. The number of rotatable bonds is 7. The summed E-state index contributed by atoms with van der Waals surface area (Å²) in [6, 6.07) is 10.8. The number of fused-ring (bicyclic) bond motifs is 1. The number of anilines is 1. The number of nitrogens with zero attached hydrogens (tertiary/aromatic N) is 1. The molecule has 0 saturated carbocycles. The number of benzene rings is 2. The zero-order chi connectivity index (χ0) is 23.4. The summed E-state index contributed by atoms with van der Waals surface area (Å²) >= 11 is 0. The van der Waals surface area contributed by atoms with Crippen LogP contribution in [0.15, 0.2) is 47.4 Å². The molecule has 0 spiro atoms. The van der Waals surface area contributed by atoms with E-state index in [0.29, 0.717) is 37.6 Å². The van der Waals surface area contributed by atoms with Crippen molar-refractivity contribution in [2.75, 3.05) is 24.7 Å². The summed E-state index contributed by atoms with van der Waals surface area (Å²) in [5, 5.41) is 2.74. The zero-order valence-corrected chi connectivity index (χ0v) is 19.2. The largest absolute Gasteiger partial charge is 0.490 e.